The molecule has 1 saturated heterocycles. The molecule has 0 bridgehead atoms. The maximum Gasteiger partial charge on any atom is 0.222 e. The lowest BCUT2D eigenvalue weighted by molar-refractivity contribution is -0.146. The Hall–Kier alpha value is -2.16. The zero-order valence-corrected chi connectivity index (χ0v) is 21.1. The fourth-order valence-electron chi connectivity index (χ4n) is 4.75. The molecule has 0 aromatic heterocycles. The number of Topliss-reactive ketones (excluding diaryl/α,β-unsaturated/α-hetero) is 1. The van der Waals surface area contributed by atoms with Crippen molar-refractivity contribution in [1.82, 2.24) is 10.2 Å². The van der Waals surface area contributed by atoms with Gasteiger partial charge in [-0.3, -0.25) is 14.5 Å². The van der Waals surface area contributed by atoms with Gasteiger partial charge in [-0.25, -0.2) is 0 Å². The fraction of sp³-hybridized carbons (Fsp3) is 0.704. The summed E-state index contributed by atoms with van der Waals surface area (Å²) in [6.45, 7) is 4.77. The average molecular weight is 491 g/mol. The molecule has 0 radical (unpaired) electrons. The van der Waals surface area contributed by atoms with Crippen molar-refractivity contribution in [3.05, 3.63) is 23.8 Å². The lowest BCUT2D eigenvalue weighted by atomic mass is 9.96. The standard InChI is InChI=1S/C27H42N2O6/c1-2-3-10-22(30)11-6-4-5-7-12-25(31)28-27(33,20-29-15-8-9-16-29)26(32)21-13-14-23-24(19-21)35-18-17-34-23/h13-14,19,26,32-33H,2-12,15-18,20H2,1H3,(H,28,31)/t26-,27+/m1/s1. The summed E-state index contributed by atoms with van der Waals surface area (Å²) in [6.07, 6.45) is 7.57. The van der Waals surface area contributed by atoms with E-state index >= 15 is 0 Å². The first-order valence-corrected chi connectivity index (χ1v) is 13.3. The number of nitrogens with one attached hydrogen (secondary N) is 1. The summed E-state index contributed by atoms with van der Waals surface area (Å²) < 4.78 is 11.2. The molecular formula is C27H42N2O6. The van der Waals surface area contributed by atoms with E-state index in [1.165, 1.54) is 0 Å². The van der Waals surface area contributed by atoms with Crippen LogP contribution in [-0.2, 0) is 9.59 Å². The Bertz CT molecular complexity index is 826. The molecule has 2 aliphatic rings. The Kier molecular flexibility index (Phi) is 10.8. The second-order valence-corrected chi connectivity index (χ2v) is 9.82. The highest BCUT2D eigenvalue weighted by Gasteiger charge is 2.40. The highest BCUT2D eigenvalue weighted by atomic mass is 16.6. The number of likely N-dealkylation sites (tertiary alicyclic amines) is 1. The van der Waals surface area contributed by atoms with Crippen molar-refractivity contribution in [1.29, 1.82) is 0 Å². The minimum Gasteiger partial charge on any atom is -0.486 e. The molecule has 1 amide bonds. The molecule has 8 heteroatoms. The van der Waals surface area contributed by atoms with E-state index in [1.807, 2.05) is 0 Å². The largest absolute Gasteiger partial charge is 0.486 e. The number of carbonyl (C=O) groups is 2. The third-order valence-electron chi connectivity index (χ3n) is 6.77. The van der Waals surface area contributed by atoms with Crippen molar-refractivity contribution in [3.63, 3.8) is 0 Å². The van der Waals surface area contributed by atoms with E-state index < -0.39 is 11.8 Å². The first-order chi connectivity index (χ1) is 16.9. The predicted octanol–water partition coefficient (Wildman–Crippen LogP) is 3.49. The van der Waals surface area contributed by atoms with E-state index in [0.717, 1.165) is 58.0 Å². The van der Waals surface area contributed by atoms with E-state index in [9.17, 15) is 19.8 Å². The van der Waals surface area contributed by atoms with Crippen molar-refractivity contribution in [2.24, 2.45) is 0 Å². The average Bonchev–Trinajstić information content (AvgIpc) is 3.36. The van der Waals surface area contributed by atoms with Gasteiger partial charge in [0.15, 0.2) is 17.2 Å². The minimum absolute atomic E-state index is 0.147. The normalized spacial score (nSPS) is 18.1. The molecule has 196 valence electrons. The van der Waals surface area contributed by atoms with Crippen LogP contribution in [0.5, 0.6) is 11.5 Å². The molecule has 0 spiro atoms. The first kappa shape index (κ1) is 27.4. The summed E-state index contributed by atoms with van der Waals surface area (Å²) in [5.74, 6) is 1.16. The molecule has 35 heavy (non-hydrogen) atoms. The van der Waals surface area contributed by atoms with Crippen LogP contribution in [0.2, 0.25) is 0 Å². The van der Waals surface area contributed by atoms with E-state index in [2.05, 4.69) is 17.1 Å². The number of unbranched alkanes of at least 4 members (excludes halogenated alkanes) is 4. The third kappa shape index (κ3) is 8.47. The van der Waals surface area contributed by atoms with Crippen LogP contribution >= 0.6 is 0 Å². The van der Waals surface area contributed by atoms with Crippen LogP contribution in [0.15, 0.2) is 18.2 Å². The molecule has 8 nitrogen and oxygen atoms in total. The molecule has 1 aromatic rings. The van der Waals surface area contributed by atoms with Crippen molar-refractivity contribution in [2.45, 2.75) is 89.4 Å². The topological polar surface area (TPSA) is 108 Å². The van der Waals surface area contributed by atoms with Gasteiger partial charge in [0, 0.05) is 25.8 Å². The predicted molar refractivity (Wildman–Crippen MR) is 133 cm³/mol. The number of amides is 1. The molecule has 3 N–H and O–H groups in total. The van der Waals surface area contributed by atoms with Gasteiger partial charge < -0.3 is 25.0 Å². The van der Waals surface area contributed by atoms with Gasteiger partial charge in [0.2, 0.25) is 5.91 Å². The molecule has 0 saturated carbocycles. The monoisotopic (exact) mass is 490 g/mol. The van der Waals surface area contributed by atoms with Crippen LogP contribution < -0.4 is 14.8 Å². The maximum absolute atomic E-state index is 12.8. The molecular weight excluding hydrogens is 448 g/mol. The lowest BCUT2D eigenvalue weighted by Crippen LogP contribution is -2.59. The maximum atomic E-state index is 12.8. The number of rotatable bonds is 15. The Balaban J connectivity index is 1.53. The second kappa shape index (κ2) is 13.8. The Morgan fingerprint density at radius 3 is 2.37 bits per heavy atom. The number of ketones is 1. The van der Waals surface area contributed by atoms with Crippen LogP contribution in [-0.4, -0.2) is 65.4 Å². The minimum atomic E-state index is -1.82. The quantitative estimate of drug-likeness (QED) is 0.255. The van der Waals surface area contributed by atoms with E-state index in [1.54, 1.807) is 18.2 Å². The van der Waals surface area contributed by atoms with Gasteiger partial charge in [-0.05, 0) is 62.9 Å². The molecule has 2 aliphatic heterocycles. The molecule has 2 atom stereocenters. The van der Waals surface area contributed by atoms with Crippen LogP contribution in [0.1, 0.15) is 89.2 Å². The number of carbonyl (C=O) groups excluding carboxylic acids is 2. The molecule has 1 aromatic carbocycles. The summed E-state index contributed by atoms with van der Waals surface area (Å²) in [5, 5.41) is 25.4. The zero-order valence-electron chi connectivity index (χ0n) is 21.1. The van der Waals surface area contributed by atoms with Crippen molar-refractivity contribution in [2.75, 3.05) is 32.8 Å². The Labute approximate surface area is 209 Å². The summed E-state index contributed by atoms with van der Waals surface area (Å²) >= 11 is 0. The zero-order chi connectivity index (χ0) is 25.1. The number of nitrogens with zero attached hydrogens (tertiary/aromatic N) is 1. The SMILES string of the molecule is CCCCC(=O)CCCCCCC(=O)N[C@](O)(CN1CCCC1)[C@H](O)c1ccc2c(c1)OCCO2. The lowest BCUT2D eigenvalue weighted by Gasteiger charge is -2.37. The summed E-state index contributed by atoms with van der Waals surface area (Å²) in [7, 11) is 0. The summed E-state index contributed by atoms with van der Waals surface area (Å²) in [6, 6.07) is 5.08. The summed E-state index contributed by atoms with van der Waals surface area (Å²) in [4.78, 5) is 26.6. The number of hydrogen-bond acceptors (Lipinski definition) is 7. The summed E-state index contributed by atoms with van der Waals surface area (Å²) in [5.41, 5.74) is -1.36. The van der Waals surface area contributed by atoms with Crippen LogP contribution in [0, 0.1) is 0 Å². The second-order valence-electron chi connectivity index (χ2n) is 9.82. The van der Waals surface area contributed by atoms with Crippen LogP contribution in [0.25, 0.3) is 0 Å². The van der Waals surface area contributed by atoms with Crippen LogP contribution in [0.4, 0.5) is 0 Å². The molecule has 3 rings (SSSR count). The Morgan fingerprint density at radius 2 is 1.66 bits per heavy atom. The van der Waals surface area contributed by atoms with Crippen molar-refractivity contribution >= 4 is 11.7 Å². The number of β-amino-alcohol motifs (C(OH)–C–C–N with tert-alkyl or cyclic N) is 1. The highest BCUT2D eigenvalue weighted by Crippen LogP contribution is 2.35. The first-order valence-electron chi connectivity index (χ1n) is 13.3. The van der Waals surface area contributed by atoms with Crippen molar-refractivity contribution < 1.29 is 29.3 Å². The van der Waals surface area contributed by atoms with Crippen LogP contribution in [0.3, 0.4) is 0 Å². The number of aliphatic hydroxyl groups is 2. The van der Waals surface area contributed by atoms with E-state index in [-0.39, 0.29) is 18.9 Å². The van der Waals surface area contributed by atoms with Gasteiger partial charge in [-0.15, -0.1) is 0 Å². The number of ether oxygens (including phenoxy) is 2. The smallest absolute Gasteiger partial charge is 0.222 e. The third-order valence-corrected chi connectivity index (χ3v) is 6.77. The van der Waals surface area contributed by atoms with E-state index in [4.69, 9.17) is 9.47 Å². The van der Waals surface area contributed by atoms with Crippen molar-refractivity contribution in [3.8, 4) is 11.5 Å². The number of aliphatic hydroxyl groups excluding tert-OH is 1. The number of benzene rings is 1. The molecule has 1 fully saturated rings. The number of hydrogen-bond donors (Lipinski definition) is 3. The molecule has 0 aliphatic carbocycles. The van der Waals surface area contributed by atoms with Gasteiger partial charge >= 0.3 is 0 Å². The fourth-order valence-corrected chi connectivity index (χ4v) is 4.75. The van der Waals surface area contributed by atoms with Gasteiger partial charge in [-0.1, -0.05) is 32.3 Å². The highest BCUT2D eigenvalue weighted by molar-refractivity contribution is 5.78. The van der Waals surface area contributed by atoms with Gasteiger partial charge in [0.1, 0.15) is 25.1 Å². The van der Waals surface area contributed by atoms with Gasteiger partial charge in [-0.2, -0.15) is 0 Å². The van der Waals surface area contributed by atoms with Gasteiger partial charge in [0.25, 0.3) is 0 Å². The van der Waals surface area contributed by atoms with E-state index in [0.29, 0.717) is 55.3 Å². The molecule has 2 heterocycles. The van der Waals surface area contributed by atoms with Gasteiger partial charge in [0.05, 0.1) is 0 Å². The molecule has 0 unspecified atom stereocenters. The Morgan fingerprint density at radius 1 is 1.00 bits per heavy atom. The number of fused-ring (bicyclic) bond motifs is 1.